The summed E-state index contributed by atoms with van der Waals surface area (Å²) in [6.07, 6.45) is -0.678. The average molecular weight is 241 g/mol. The molecule has 0 atom stereocenters. The molecule has 0 saturated carbocycles. The van der Waals surface area contributed by atoms with Crippen molar-refractivity contribution >= 4 is 5.97 Å². The Morgan fingerprint density at radius 3 is 2.29 bits per heavy atom. The van der Waals surface area contributed by atoms with Crippen molar-refractivity contribution in [3.8, 4) is 5.88 Å². The fourth-order valence-electron chi connectivity index (χ4n) is 1.37. The number of esters is 1. The van der Waals surface area contributed by atoms with Gasteiger partial charge in [0.05, 0.1) is 14.2 Å². The second-order valence-electron chi connectivity index (χ2n) is 3.09. The van der Waals surface area contributed by atoms with Crippen LogP contribution < -0.4 is 4.74 Å². The van der Waals surface area contributed by atoms with Crippen LogP contribution >= 0.6 is 0 Å². The van der Waals surface area contributed by atoms with E-state index in [-0.39, 0.29) is 5.69 Å². The van der Waals surface area contributed by atoms with Crippen molar-refractivity contribution in [3.05, 3.63) is 23.4 Å². The molecule has 0 aliphatic heterocycles. The number of carbonyl (C=O) groups excluding carboxylic acids is 1. The number of carbonyl (C=O) groups is 1. The maximum Gasteiger partial charge on any atom is 0.357 e. The Hall–Kier alpha value is -1.66. The van der Waals surface area contributed by atoms with Gasteiger partial charge in [0, 0.05) is 25.8 Å². The Morgan fingerprint density at radius 1 is 1.18 bits per heavy atom. The molecule has 1 rings (SSSR count). The van der Waals surface area contributed by atoms with Crippen molar-refractivity contribution in [3.63, 3.8) is 0 Å². The molecule has 1 heterocycles. The number of ether oxygens (including phenoxy) is 4. The first kappa shape index (κ1) is 13.4. The van der Waals surface area contributed by atoms with Gasteiger partial charge in [-0.05, 0) is 6.07 Å². The first-order valence-electron chi connectivity index (χ1n) is 4.86. The second-order valence-corrected chi connectivity index (χ2v) is 3.09. The van der Waals surface area contributed by atoms with E-state index >= 15 is 0 Å². The number of hydrogen-bond acceptors (Lipinski definition) is 6. The summed E-state index contributed by atoms with van der Waals surface area (Å²) in [5.41, 5.74) is 0.600. The molecule has 0 aromatic carbocycles. The predicted molar refractivity (Wildman–Crippen MR) is 58.9 cm³/mol. The molecule has 0 saturated heterocycles. The lowest BCUT2D eigenvalue weighted by Gasteiger charge is -2.16. The first-order chi connectivity index (χ1) is 8.17. The van der Waals surface area contributed by atoms with Crippen LogP contribution in [0, 0.1) is 0 Å². The Bertz CT molecular complexity index is 389. The smallest absolute Gasteiger partial charge is 0.357 e. The van der Waals surface area contributed by atoms with E-state index in [1.165, 1.54) is 28.4 Å². The minimum absolute atomic E-state index is 0.112. The summed E-state index contributed by atoms with van der Waals surface area (Å²) in [5.74, 6) is -0.252. The lowest BCUT2D eigenvalue weighted by Crippen LogP contribution is -2.14. The van der Waals surface area contributed by atoms with Crippen LogP contribution in [0.2, 0.25) is 0 Å². The van der Waals surface area contributed by atoms with Gasteiger partial charge in [0.25, 0.3) is 0 Å². The molecule has 6 nitrogen and oxygen atoms in total. The highest BCUT2D eigenvalue weighted by molar-refractivity contribution is 5.89. The van der Waals surface area contributed by atoms with Gasteiger partial charge in [0.2, 0.25) is 5.88 Å². The molecule has 0 amide bonds. The van der Waals surface area contributed by atoms with Crippen LogP contribution in [-0.4, -0.2) is 39.4 Å². The van der Waals surface area contributed by atoms with E-state index in [0.717, 1.165) is 0 Å². The summed E-state index contributed by atoms with van der Waals surface area (Å²) in [6, 6.07) is 3.27. The molecule has 0 bridgehead atoms. The summed E-state index contributed by atoms with van der Waals surface area (Å²) >= 11 is 0. The number of aromatic nitrogens is 1. The fourth-order valence-corrected chi connectivity index (χ4v) is 1.37. The van der Waals surface area contributed by atoms with Gasteiger partial charge in [-0.25, -0.2) is 9.78 Å². The van der Waals surface area contributed by atoms with Crippen LogP contribution in [0.25, 0.3) is 0 Å². The molecule has 6 heteroatoms. The first-order valence-corrected chi connectivity index (χ1v) is 4.86. The molecule has 0 aliphatic rings. The lowest BCUT2D eigenvalue weighted by molar-refractivity contribution is -0.106. The molecule has 0 unspecified atom stereocenters. The number of pyridine rings is 1. The van der Waals surface area contributed by atoms with E-state index in [4.69, 9.17) is 14.2 Å². The number of methoxy groups -OCH3 is 4. The van der Waals surface area contributed by atoms with Crippen LogP contribution in [0.1, 0.15) is 22.3 Å². The molecule has 17 heavy (non-hydrogen) atoms. The van der Waals surface area contributed by atoms with Crippen molar-refractivity contribution in [2.24, 2.45) is 0 Å². The summed E-state index contributed by atoms with van der Waals surface area (Å²) in [4.78, 5) is 15.6. The molecule has 0 spiro atoms. The van der Waals surface area contributed by atoms with Crippen molar-refractivity contribution in [2.45, 2.75) is 6.29 Å². The topological polar surface area (TPSA) is 66.9 Å². The molecule has 0 fully saturated rings. The molecule has 0 radical (unpaired) electrons. The van der Waals surface area contributed by atoms with Gasteiger partial charge in [-0.2, -0.15) is 0 Å². The Morgan fingerprint density at radius 2 is 1.82 bits per heavy atom. The van der Waals surface area contributed by atoms with Crippen LogP contribution in [0.3, 0.4) is 0 Å². The zero-order valence-corrected chi connectivity index (χ0v) is 10.2. The maximum atomic E-state index is 11.6. The summed E-state index contributed by atoms with van der Waals surface area (Å²) < 4.78 is 19.8. The molecular weight excluding hydrogens is 226 g/mol. The van der Waals surface area contributed by atoms with Crippen LogP contribution in [0.15, 0.2) is 12.1 Å². The van der Waals surface area contributed by atoms with Crippen LogP contribution in [0.4, 0.5) is 0 Å². The maximum absolute atomic E-state index is 11.6. The molecule has 94 valence electrons. The van der Waals surface area contributed by atoms with E-state index in [0.29, 0.717) is 11.4 Å². The highest BCUT2D eigenvalue weighted by Gasteiger charge is 2.21. The SMILES string of the molecule is COC(=O)c1nc(OC)ccc1C(OC)OC. The summed E-state index contributed by atoms with van der Waals surface area (Å²) in [5, 5.41) is 0. The van der Waals surface area contributed by atoms with E-state index < -0.39 is 12.3 Å². The highest BCUT2D eigenvalue weighted by Crippen LogP contribution is 2.23. The number of nitrogens with zero attached hydrogens (tertiary/aromatic N) is 1. The van der Waals surface area contributed by atoms with Crippen molar-refractivity contribution < 1.29 is 23.7 Å². The van der Waals surface area contributed by atoms with Gasteiger partial charge in [-0.15, -0.1) is 0 Å². The molecule has 1 aromatic rings. The van der Waals surface area contributed by atoms with E-state index in [1.807, 2.05) is 0 Å². The molecule has 1 aromatic heterocycles. The van der Waals surface area contributed by atoms with Crippen molar-refractivity contribution in [2.75, 3.05) is 28.4 Å². The van der Waals surface area contributed by atoms with E-state index in [9.17, 15) is 4.79 Å². The third-order valence-electron chi connectivity index (χ3n) is 2.17. The largest absolute Gasteiger partial charge is 0.481 e. The number of rotatable bonds is 5. The van der Waals surface area contributed by atoms with Gasteiger partial charge in [0.1, 0.15) is 0 Å². The zero-order chi connectivity index (χ0) is 12.8. The minimum Gasteiger partial charge on any atom is -0.481 e. The highest BCUT2D eigenvalue weighted by atomic mass is 16.7. The molecule has 0 aliphatic carbocycles. The van der Waals surface area contributed by atoms with Gasteiger partial charge in [-0.3, -0.25) is 0 Å². The summed E-state index contributed by atoms with van der Waals surface area (Å²) in [7, 11) is 5.69. The predicted octanol–water partition coefficient (Wildman–Crippen LogP) is 1.17. The van der Waals surface area contributed by atoms with Gasteiger partial charge in [0.15, 0.2) is 12.0 Å². The van der Waals surface area contributed by atoms with Crippen molar-refractivity contribution in [1.82, 2.24) is 4.98 Å². The third kappa shape index (κ3) is 2.92. The van der Waals surface area contributed by atoms with Crippen LogP contribution in [0.5, 0.6) is 5.88 Å². The van der Waals surface area contributed by atoms with Gasteiger partial charge >= 0.3 is 5.97 Å². The van der Waals surface area contributed by atoms with E-state index in [1.54, 1.807) is 12.1 Å². The van der Waals surface area contributed by atoms with E-state index in [2.05, 4.69) is 9.72 Å². The third-order valence-corrected chi connectivity index (χ3v) is 2.17. The average Bonchev–Trinajstić information content (AvgIpc) is 2.39. The summed E-state index contributed by atoms with van der Waals surface area (Å²) in [6.45, 7) is 0. The Kier molecular flexibility index (Phi) is 4.86. The lowest BCUT2D eigenvalue weighted by atomic mass is 10.2. The molecular formula is C11H15NO5. The monoisotopic (exact) mass is 241 g/mol. The Balaban J connectivity index is 3.23. The standard InChI is InChI=1S/C11H15NO5/c1-14-8-6-5-7(11(16-3)17-4)9(12-8)10(13)15-2/h5-6,11H,1-4H3. The quantitative estimate of drug-likeness (QED) is 0.569. The zero-order valence-electron chi connectivity index (χ0n) is 10.2. The van der Waals surface area contributed by atoms with Gasteiger partial charge in [-0.1, -0.05) is 0 Å². The molecule has 0 N–H and O–H groups in total. The minimum atomic E-state index is -0.678. The normalized spacial score (nSPS) is 10.4. The number of hydrogen-bond donors (Lipinski definition) is 0. The van der Waals surface area contributed by atoms with Crippen LogP contribution in [-0.2, 0) is 14.2 Å². The second kappa shape index (κ2) is 6.17. The fraction of sp³-hybridized carbons (Fsp3) is 0.455. The Labute approximate surface area is 99.5 Å². The van der Waals surface area contributed by atoms with Crippen molar-refractivity contribution in [1.29, 1.82) is 0 Å². The van der Waals surface area contributed by atoms with Gasteiger partial charge < -0.3 is 18.9 Å².